The second-order valence-electron chi connectivity index (χ2n) is 4.29. The van der Waals surface area contributed by atoms with Crippen molar-refractivity contribution in [3.05, 3.63) is 59.9 Å². The zero-order valence-electron chi connectivity index (χ0n) is 11.1. The molecule has 0 spiro atoms. The van der Waals surface area contributed by atoms with Gasteiger partial charge in [-0.1, -0.05) is 30.3 Å². The molecule has 2 aromatic carbocycles. The number of aliphatic hydroxyl groups excluding tert-OH is 1. The fourth-order valence-electron chi connectivity index (χ4n) is 1.68. The van der Waals surface area contributed by atoms with Gasteiger partial charge in [0.1, 0.15) is 12.4 Å². The molecule has 0 aromatic heterocycles. The van der Waals surface area contributed by atoms with E-state index in [1.165, 1.54) is 6.07 Å². The number of halogens is 1. The van der Waals surface area contributed by atoms with Crippen molar-refractivity contribution in [2.75, 3.05) is 13.2 Å². The molecule has 2 rings (SSSR count). The molecule has 0 fully saturated rings. The van der Waals surface area contributed by atoms with E-state index in [2.05, 4.69) is 0 Å². The zero-order valence-corrected chi connectivity index (χ0v) is 11.1. The lowest BCUT2D eigenvalue weighted by atomic mass is 10.2. The Balaban J connectivity index is 1.92. The highest BCUT2D eigenvalue weighted by atomic mass is 19.1. The Kier molecular flexibility index (Phi) is 5.38. The van der Waals surface area contributed by atoms with Crippen LogP contribution in [0, 0.1) is 5.82 Å². The van der Waals surface area contributed by atoms with Gasteiger partial charge in [0.05, 0.1) is 6.61 Å². The van der Waals surface area contributed by atoms with Gasteiger partial charge in [-0.3, -0.25) is 0 Å². The molecule has 106 valence electrons. The normalized spacial score (nSPS) is 10.3. The molecule has 0 radical (unpaired) electrons. The molecule has 1 N–H and O–H groups in total. The van der Waals surface area contributed by atoms with Crippen molar-refractivity contribution in [1.29, 1.82) is 0 Å². The minimum Gasteiger partial charge on any atom is -0.493 e. The van der Waals surface area contributed by atoms with Crippen molar-refractivity contribution in [3.63, 3.8) is 0 Å². The van der Waals surface area contributed by atoms with Gasteiger partial charge in [0.15, 0.2) is 11.6 Å². The van der Waals surface area contributed by atoms with Crippen LogP contribution >= 0.6 is 0 Å². The van der Waals surface area contributed by atoms with Crippen LogP contribution in [0.5, 0.6) is 11.5 Å². The Morgan fingerprint density at radius 3 is 2.50 bits per heavy atom. The quantitative estimate of drug-likeness (QED) is 0.789. The standard InChI is InChI=1S/C16H17FO3/c17-15-11-14(19-10-4-9-18)7-8-16(15)20-12-13-5-2-1-3-6-13/h1-3,5-8,11,18H,4,9-10,12H2. The summed E-state index contributed by atoms with van der Waals surface area (Å²) in [6.07, 6.45) is 0.522. The van der Waals surface area contributed by atoms with Gasteiger partial charge in [0, 0.05) is 19.1 Å². The van der Waals surface area contributed by atoms with Crippen molar-refractivity contribution >= 4 is 0 Å². The molecular weight excluding hydrogens is 259 g/mol. The molecule has 0 aliphatic carbocycles. The molecule has 0 amide bonds. The lowest BCUT2D eigenvalue weighted by Gasteiger charge is -2.09. The second kappa shape index (κ2) is 7.50. The van der Waals surface area contributed by atoms with E-state index in [1.807, 2.05) is 30.3 Å². The topological polar surface area (TPSA) is 38.7 Å². The average molecular weight is 276 g/mol. The summed E-state index contributed by atoms with van der Waals surface area (Å²) in [7, 11) is 0. The van der Waals surface area contributed by atoms with E-state index in [0.29, 0.717) is 25.4 Å². The lowest BCUT2D eigenvalue weighted by molar-refractivity contribution is 0.232. The van der Waals surface area contributed by atoms with Gasteiger partial charge in [-0.2, -0.15) is 0 Å². The third kappa shape index (κ3) is 4.24. The van der Waals surface area contributed by atoms with Gasteiger partial charge in [-0.05, 0) is 17.7 Å². The summed E-state index contributed by atoms with van der Waals surface area (Å²) in [5.41, 5.74) is 0.982. The summed E-state index contributed by atoms with van der Waals surface area (Å²) < 4.78 is 24.5. The first kappa shape index (κ1) is 14.3. The van der Waals surface area contributed by atoms with E-state index >= 15 is 0 Å². The fraction of sp³-hybridized carbons (Fsp3) is 0.250. The maximum atomic E-state index is 13.8. The maximum Gasteiger partial charge on any atom is 0.168 e. The lowest BCUT2D eigenvalue weighted by Crippen LogP contribution is -2.01. The van der Waals surface area contributed by atoms with Crippen LogP contribution in [0.2, 0.25) is 0 Å². The van der Waals surface area contributed by atoms with Crippen LogP contribution in [0.1, 0.15) is 12.0 Å². The molecular formula is C16H17FO3. The van der Waals surface area contributed by atoms with Crippen LogP contribution in [-0.4, -0.2) is 18.3 Å². The Morgan fingerprint density at radius 1 is 1.00 bits per heavy atom. The molecule has 20 heavy (non-hydrogen) atoms. The number of rotatable bonds is 7. The van der Waals surface area contributed by atoms with Gasteiger partial charge >= 0.3 is 0 Å². The SMILES string of the molecule is OCCCOc1ccc(OCc2ccccc2)c(F)c1. The summed E-state index contributed by atoms with van der Waals surface area (Å²) in [5.74, 6) is 0.175. The summed E-state index contributed by atoms with van der Waals surface area (Å²) >= 11 is 0. The van der Waals surface area contributed by atoms with Crippen molar-refractivity contribution in [2.24, 2.45) is 0 Å². The number of ether oxygens (including phenoxy) is 2. The second-order valence-corrected chi connectivity index (χ2v) is 4.29. The van der Waals surface area contributed by atoms with E-state index < -0.39 is 5.82 Å². The van der Waals surface area contributed by atoms with Crippen LogP contribution in [0.25, 0.3) is 0 Å². The third-order valence-corrected chi connectivity index (χ3v) is 2.71. The maximum absolute atomic E-state index is 13.8. The Labute approximate surface area is 117 Å². The van der Waals surface area contributed by atoms with Crippen LogP contribution < -0.4 is 9.47 Å². The first-order chi connectivity index (χ1) is 9.79. The van der Waals surface area contributed by atoms with E-state index in [0.717, 1.165) is 5.56 Å². The molecule has 4 heteroatoms. The van der Waals surface area contributed by atoms with Crippen molar-refractivity contribution in [3.8, 4) is 11.5 Å². The highest BCUT2D eigenvalue weighted by Gasteiger charge is 2.06. The van der Waals surface area contributed by atoms with E-state index in [4.69, 9.17) is 14.6 Å². The highest BCUT2D eigenvalue weighted by Crippen LogP contribution is 2.23. The first-order valence-corrected chi connectivity index (χ1v) is 6.49. The Hall–Kier alpha value is -2.07. The Bertz CT molecular complexity index is 529. The number of benzene rings is 2. The number of hydrogen-bond acceptors (Lipinski definition) is 3. The Morgan fingerprint density at radius 2 is 1.80 bits per heavy atom. The van der Waals surface area contributed by atoms with Crippen molar-refractivity contribution in [1.82, 2.24) is 0 Å². The molecule has 0 saturated carbocycles. The summed E-state index contributed by atoms with van der Waals surface area (Å²) in [6.45, 7) is 0.739. The smallest absolute Gasteiger partial charge is 0.168 e. The molecule has 3 nitrogen and oxygen atoms in total. The summed E-state index contributed by atoms with van der Waals surface area (Å²) in [5, 5.41) is 8.65. The molecule has 0 bridgehead atoms. The van der Waals surface area contributed by atoms with Gasteiger partial charge in [-0.15, -0.1) is 0 Å². The molecule has 2 aromatic rings. The zero-order chi connectivity index (χ0) is 14.2. The molecule has 0 saturated heterocycles. The molecule has 0 unspecified atom stereocenters. The number of aliphatic hydroxyl groups is 1. The molecule has 0 atom stereocenters. The van der Waals surface area contributed by atoms with Crippen molar-refractivity contribution < 1.29 is 19.0 Å². The van der Waals surface area contributed by atoms with Gasteiger partial charge in [-0.25, -0.2) is 4.39 Å². The van der Waals surface area contributed by atoms with Crippen LogP contribution in [-0.2, 0) is 6.61 Å². The predicted octanol–water partition coefficient (Wildman–Crippen LogP) is 3.17. The minimum absolute atomic E-state index is 0.0563. The van der Waals surface area contributed by atoms with Crippen LogP contribution in [0.15, 0.2) is 48.5 Å². The van der Waals surface area contributed by atoms with Gasteiger partial charge < -0.3 is 14.6 Å². The number of hydrogen-bond donors (Lipinski definition) is 1. The van der Waals surface area contributed by atoms with Crippen LogP contribution in [0.3, 0.4) is 0 Å². The largest absolute Gasteiger partial charge is 0.493 e. The van der Waals surface area contributed by atoms with Crippen LogP contribution in [0.4, 0.5) is 4.39 Å². The minimum atomic E-state index is -0.456. The fourth-order valence-corrected chi connectivity index (χ4v) is 1.68. The van der Waals surface area contributed by atoms with Gasteiger partial charge in [0.25, 0.3) is 0 Å². The molecule has 0 heterocycles. The summed E-state index contributed by atoms with van der Waals surface area (Å²) in [4.78, 5) is 0. The average Bonchev–Trinajstić information content (AvgIpc) is 2.48. The monoisotopic (exact) mass is 276 g/mol. The molecule has 0 aliphatic heterocycles. The summed E-state index contributed by atoms with van der Waals surface area (Å²) in [6, 6.07) is 14.1. The third-order valence-electron chi connectivity index (χ3n) is 2.71. The van der Waals surface area contributed by atoms with E-state index in [9.17, 15) is 4.39 Å². The van der Waals surface area contributed by atoms with Gasteiger partial charge in [0.2, 0.25) is 0 Å². The highest BCUT2D eigenvalue weighted by molar-refractivity contribution is 5.33. The molecule has 0 aliphatic rings. The van der Waals surface area contributed by atoms with E-state index in [1.54, 1.807) is 12.1 Å². The first-order valence-electron chi connectivity index (χ1n) is 6.49. The predicted molar refractivity (Wildman–Crippen MR) is 74.4 cm³/mol. The van der Waals surface area contributed by atoms with Crippen molar-refractivity contribution in [2.45, 2.75) is 13.0 Å². The van der Waals surface area contributed by atoms with E-state index in [-0.39, 0.29) is 12.4 Å².